The molecule has 2 N–H and O–H groups in total. The van der Waals surface area contributed by atoms with E-state index >= 15 is 0 Å². The number of anilines is 1. The van der Waals surface area contributed by atoms with Crippen molar-refractivity contribution < 1.29 is 9.90 Å². The van der Waals surface area contributed by atoms with Crippen molar-refractivity contribution in [2.24, 2.45) is 0 Å². The minimum Gasteiger partial charge on any atom is -0.493 e. The number of fused-ring (bicyclic) bond motifs is 1. The zero-order valence-electron chi connectivity index (χ0n) is 8.94. The molecule has 84 valence electrons. The van der Waals surface area contributed by atoms with Gasteiger partial charge in [0.2, 0.25) is 11.8 Å². The number of hydrogen-bond acceptors (Lipinski definition) is 5. The summed E-state index contributed by atoms with van der Waals surface area (Å²) in [6.07, 6.45) is 0.708. The summed E-state index contributed by atoms with van der Waals surface area (Å²) in [6.45, 7) is 3.39. The van der Waals surface area contributed by atoms with Crippen molar-refractivity contribution in [1.82, 2.24) is 9.55 Å². The number of aromatic nitrogens is 2. The second-order valence-corrected chi connectivity index (χ2v) is 3.67. The maximum absolute atomic E-state index is 11.8. The summed E-state index contributed by atoms with van der Waals surface area (Å²) in [4.78, 5) is 26.4. The van der Waals surface area contributed by atoms with Crippen LogP contribution < -0.4 is 10.9 Å². The van der Waals surface area contributed by atoms with Crippen molar-refractivity contribution in [3.05, 3.63) is 27.2 Å². The third-order valence-corrected chi connectivity index (χ3v) is 2.62. The van der Waals surface area contributed by atoms with Crippen molar-refractivity contribution in [2.45, 2.75) is 20.4 Å². The molecule has 1 aliphatic rings. The largest absolute Gasteiger partial charge is 0.493 e. The molecule has 0 aromatic carbocycles. The third kappa shape index (κ3) is 1.39. The van der Waals surface area contributed by atoms with Gasteiger partial charge in [0.15, 0.2) is 0 Å². The van der Waals surface area contributed by atoms with Crippen LogP contribution in [-0.4, -0.2) is 20.9 Å². The molecule has 6 nitrogen and oxygen atoms in total. The molecule has 0 amide bonds. The molecule has 0 bridgehead atoms. The van der Waals surface area contributed by atoms with Crippen LogP contribution in [-0.2, 0) is 11.3 Å². The van der Waals surface area contributed by atoms with Gasteiger partial charge < -0.3 is 10.4 Å². The smallest absolute Gasteiger partial charge is 0.261 e. The fourth-order valence-electron chi connectivity index (χ4n) is 1.54. The number of carbonyl (C=O) groups excluding carboxylic acids is 1. The van der Waals surface area contributed by atoms with Crippen LogP contribution in [0, 0.1) is 6.92 Å². The maximum Gasteiger partial charge on any atom is 0.261 e. The van der Waals surface area contributed by atoms with Crippen LogP contribution in [0.4, 0.5) is 5.95 Å². The van der Waals surface area contributed by atoms with Gasteiger partial charge in [0, 0.05) is 11.3 Å². The number of aromatic hydroxyl groups is 1. The minimum atomic E-state index is -0.346. The molecule has 2 heterocycles. The van der Waals surface area contributed by atoms with E-state index in [1.165, 1.54) is 11.5 Å². The van der Waals surface area contributed by atoms with E-state index in [1.807, 2.05) is 0 Å². The molecule has 1 aliphatic heterocycles. The van der Waals surface area contributed by atoms with Crippen LogP contribution >= 0.6 is 0 Å². The van der Waals surface area contributed by atoms with E-state index in [9.17, 15) is 14.7 Å². The maximum atomic E-state index is 11.8. The second kappa shape index (κ2) is 3.48. The Labute approximate surface area is 91.2 Å². The van der Waals surface area contributed by atoms with E-state index in [4.69, 9.17) is 0 Å². The summed E-state index contributed by atoms with van der Waals surface area (Å²) in [5.74, 6) is -0.0256. The third-order valence-electron chi connectivity index (χ3n) is 2.62. The summed E-state index contributed by atoms with van der Waals surface area (Å²) in [7, 11) is 0. The number of nitrogens with one attached hydrogen (secondary N) is 1. The SMILES string of the molecule is CC1=C(C=O)Cn2c(nc(O)c(C)c2=O)N1. The van der Waals surface area contributed by atoms with Crippen LogP contribution in [0.5, 0.6) is 5.88 Å². The molecule has 0 atom stereocenters. The average molecular weight is 221 g/mol. The van der Waals surface area contributed by atoms with E-state index in [1.54, 1.807) is 6.92 Å². The molecule has 6 heteroatoms. The number of carbonyl (C=O) groups is 1. The molecular formula is C10H11N3O3. The lowest BCUT2D eigenvalue weighted by molar-refractivity contribution is -0.105. The molecule has 0 aliphatic carbocycles. The van der Waals surface area contributed by atoms with Gasteiger partial charge in [-0.15, -0.1) is 0 Å². The van der Waals surface area contributed by atoms with Gasteiger partial charge in [0.1, 0.15) is 6.29 Å². The highest BCUT2D eigenvalue weighted by Crippen LogP contribution is 2.19. The second-order valence-electron chi connectivity index (χ2n) is 3.67. The zero-order chi connectivity index (χ0) is 11.9. The Kier molecular flexibility index (Phi) is 2.26. The highest BCUT2D eigenvalue weighted by Gasteiger charge is 2.19. The molecule has 0 fully saturated rings. The predicted molar refractivity (Wildman–Crippen MR) is 57.3 cm³/mol. The lowest BCUT2D eigenvalue weighted by Crippen LogP contribution is -2.31. The summed E-state index contributed by atoms with van der Waals surface area (Å²) in [6, 6.07) is 0. The number of hydrogen-bond donors (Lipinski definition) is 2. The Bertz CT molecular complexity index is 557. The molecule has 0 saturated carbocycles. The average Bonchev–Trinajstić information content (AvgIpc) is 2.26. The Morgan fingerprint density at radius 2 is 2.19 bits per heavy atom. The quantitative estimate of drug-likeness (QED) is 0.660. The number of nitrogens with zero attached hydrogens (tertiary/aromatic N) is 2. The van der Waals surface area contributed by atoms with Crippen molar-refractivity contribution in [1.29, 1.82) is 0 Å². The molecule has 2 rings (SSSR count). The molecule has 0 unspecified atom stereocenters. The van der Waals surface area contributed by atoms with Gasteiger partial charge in [-0.1, -0.05) is 0 Å². The molecule has 0 radical (unpaired) electrons. The standard InChI is InChI=1S/C10H11N3O3/c1-5-8(15)12-10-11-6(2)7(4-14)3-13(10)9(5)16/h4,15H,3H2,1-2H3,(H,11,12). The van der Waals surface area contributed by atoms with Crippen LogP contribution in [0.25, 0.3) is 0 Å². The zero-order valence-corrected chi connectivity index (χ0v) is 8.94. The van der Waals surface area contributed by atoms with Gasteiger partial charge in [-0.2, -0.15) is 4.98 Å². The van der Waals surface area contributed by atoms with Gasteiger partial charge in [0.05, 0.1) is 12.1 Å². The van der Waals surface area contributed by atoms with Crippen molar-refractivity contribution >= 4 is 12.2 Å². The lowest BCUT2D eigenvalue weighted by atomic mass is 10.2. The van der Waals surface area contributed by atoms with Crippen LogP contribution in [0.3, 0.4) is 0 Å². The van der Waals surface area contributed by atoms with E-state index in [-0.39, 0.29) is 29.5 Å². The van der Waals surface area contributed by atoms with Crippen LogP contribution in [0.1, 0.15) is 12.5 Å². The van der Waals surface area contributed by atoms with E-state index in [0.717, 1.165) is 0 Å². The molecule has 16 heavy (non-hydrogen) atoms. The fraction of sp³-hybridized carbons (Fsp3) is 0.300. The van der Waals surface area contributed by atoms with Crippen LogP contribution in [0.2, 0.25) is 0 Å². The van der Waals surface area contributed by atoms with E-state index in [0.29, 0.717) is 17.6 Å². The lowest BCUT2D eigenvalue weighted by Gasteiger charge is -2.21. The van der Waals surface area contributed by atoms with Gasteiger partial charge in [-0.05, 0) is 13.8 Å². The molecule has 1 aromatic heterocycles. The summed E-state index contributed by atoms with van der Waals surface area (Å²) >= 11 is 0. The summed E-state index contributed by atoms with van der Waals surface area (Å²) < 4.78 is 1.33. The highest BCUT2D eigenvalue weighted by atomic mass is 16.3. The number of allylic oxidation sites excluding steroid dienone is 2. The van der Waals surface area contributed by atoms with Crippen molar-refractivity contribution in [3.8, 4) is 5.88 Å². The summed E-state index contributed by atoms with van der Waals surface area (Å²) in [5, 5.41) is 12.2. The van der Waals surface area contributed by atoms with Crippen LogP contribution in [0.15, 0.2) is 16.1 Å². The van der Waals surface area contributed by atoms with Crippen molar-refractivity contribution in [2.75, 3.05) is 5.32 Å². The fourth-order valence-corrected chi connectivity index (χ4v) is 1.54. The van der Waals surface area contributed by atoms with Gasteiger partial charge in [0.25, 0.3) is 5.56 Å². The number of aldehydes is 1. The predicted octanol–water partition coefficient (Wildman–Crippen LogP) is 0.156. The minimum absolute atomic E-state index is 0.176. The first kappa shape index (κ1) is 10.4. The topological polar surface area (TPSA) is 84.2 Å². The van der Waals surface area contributed by atoms with Crippen molar-refractivity contribution in [3.63, 3.8) is 0 Å². The summed E-state index contributed by atoms with van der Waals surface area (Å²) in [5.41, 5.74) is 0.976. The first-order chi connectivity index (χ1) is 7.54. The highest BCUT2D eigenvalue weighted by molar-refractivity contribution is 5.76. The Morgan fingerprint density at radius 1 is 1.50 bits per heavy atom. The first-order valence-corrected chi connectivity index (χ1v) is 4.77. The normalized spacial score (nSPS) is 14.4. The Morgan fingerprint density at radius 3 is 2.81 bits per heavy atom. The first-order valence-electron chi connectivity index (χ1n) is 4.77. The Balaban J connectivity index is 2.63. The number of rotatable bonds is 1. The van der Waals surface area contributed by atoms with Gasteiger partial charge in [-0.3, -0.25) is 14.2 Å². The van der Waals surface area contributed by atoms with Gasteiger partial charge >= 0.3 is 0 Å². The van der Waals surface area contributed by atoms with E-state index in [2.05, 4.69) is 10.3 Å². The monoisotopic (exact) mass is 221 g/mol. The molecular weight excluding hydrogens is 210 g/mol. The molecule has 1 aromatic rings. The Hall–Kier alpha value is -2.11. The molecule has 0 spiro atoms. The van der Waals surface area contributed by atoms with E-state index < -0.39 is 0 Å². The molecule has 0 saturated heterocycles. The van der Waals surface area contributed by atoms with Gasteiger partial charge in [-0.25, -0.2) is 0 Å².